The standard InChI is InChI=1S/C8H15N.ClH/c9-8-5-4-6-2-1-3-7(6)8;/h6-8H,1-5,9H2;1H/t6-,7-,8-;/m1./s1. The normalized spacial score (nSPS) is 44.7. The number of nitrogens with two attached hydrogens (primary N) is 1. The predicted octanol–water partition coefficient (Wildman–Crippen LogP) is 1.95. The van der Waals surface area contributed by atoms with E-state index in [1.54, 1.807) is 0 Å². The first-order chi connectivity index (χ1) is 4.38. The number of hydrogen-bond acceptors (Lipinski definition) is 1. The molecule has 0 aromatic rings. The van der Waals surface area contributed by atoms with Crippen LogP contribution in [0.15, 0.2) is 0 Å². The van der Waals surface area contributed by atoms with Crippen LogP contribution < -0.4 is 5.73 Å². The summed E-state index contributed by atoms with van der Waals surface area (Å²) in [5, 5.41) is 0. The number of hydrogen-bond donors (Lipinski definition) is 1. The minimum atomic E-state index is 0. The first-order valence-corrected chi connectivity index (χ1v) is 4.13. The molecule has 2 rings (SSSR count). The minimum absolute atomic E-state index is 0. The lowest BCUT2D eigenvalue weighted by molar-refractivity contribution is 0.421. The van der Waals surface area contributed by atoms with Crippen LogP contribution >= 0.6 is 12.4 Å². The van der Waals surface area contributed by atoms with Crippen molar-refractivity contribution < 1.29 is 0 Å². The lowest BCUT2D eigenvalue weighted by atomic mass is 9.98. The van der Waals surface area contributed by atoms with Crippen molar-refractivity contribution in [1.82, 2.24) is 0 Å². The van der Waals surface area contributed by atoms with Gasteiger partial charge in [-0.05, 0) is 31.1 Å². The number of halogens is 1. The zero-order valence-electron chi connectivity index (χ0n) is 6.25. The SMILES string of the molecule is Cl.N[C@@H]1CC[C@H]2CCC[C@H]21. The van der Waals surface area contributed by atoms with Gasteiger partial charge in [0.15, 0.2) is 0 Å². The summed E-state index contributed by atoms with van der Waals surface area (Å²) < 4.78 is 0. The van der Waals surface area contributed by atoms with E-state index in [9.17, 15) is 0 Å². The maximum absolute atomic E-state index is 5.92. The average molecular weight is 162 g/mol. The molecule has 0 aromatic heterocycles. The summed E-state index contributed by atoms with van der Waals surface area (Å²) in [7, 11) is 0. The van der Waals surface area contributed by atoms with Gasteiger partial charge < -0.3 is 5.73 Å². The van der Waals surface area contributed by atoms with Crippen LogP contribution in [0.25, 0.3) is 0 Å². The van der Waals surface area contributed by atoms with Crippen LogP contribution in [0.3, 0.4) is 0 Å². The van der Waals surface area contributed by atoms with E-state index in [1.165, 1.54) is 32.1 Å². The summed E-state index contributed by atoms with van der Waals surface area (Å²) in [6.07, 6.45) is 7.06. The minimum Gasteiger partial charge on any atom is -0.327 e. The van der Waals surface area contributed by atoms with Gasteiger partial charge >= 0.3 is 0 Å². The van der Waals surface area contributed by atoms with Gasteiger partial charge in [-0.2, -0.15) is 0 Å². The van der Waals surface area contributed by atoms with E-state index < -0.39 is 0 Å². The topological polar surface area (TPSA) is 26.0 Å². The Kier molecular flexibility index (Phi) is 2.59. The van der Waals surface area contributed by atoms with Crippen molar-refractivity contribution >= 4 is 12.4 Å². The molecule has 0 heterocycles. The molecule has 0 aromatic carbocycles. The Balaban J connectivity index is 0.000000500. The van der Waals surface area contributed by atoms with E-state index in [1.807, 2.05) is 0 Å². The Hall–Kier alpha value is 0.250. The van der Waals surface area contributed by atoms with Gasteiger partial charge in [-0.25, -0.2) is 0 Å². The summed E-state index contributed by atoms with van der Waals surface area (Å²) in [4.78, 5) is 0. The zero-order valence-corrected chi connectivity index (χ0v) is 7.07. The Labute approximate surface area is 68.8 Å². The van der Waals surface area contributed by atoms with Gasteiger partial charge in [-0.3, -0.25) is 0 Å². The second kappa shape index (κ2) is 3.10. The molecule has 2 N–H and O–H groups in total. The van der Waals surface area contributed by atoms with Gasteiger partial charge in [0.1, 0.15) is 0 Å². The first-order valence-electron chi connectivity index (χ1n) is 4.13. The van der Waals surface area contributed by atoms with Crippen molar-refractivity contribution in [1.29, 1.82) is 0 Å². The molecule has 60 valence electrons. The summed E-state index contributed by atoms with van der Waals surface area (Å²) >= 11 is 0. The van der Waals surface area contributed by atoms with Gasteiger partial charge in [-0.15, -0.1) is 12.4 Å². The quantitative estimate of drug-likeness (QED) is 0.578. The van der Waals surface area contributed by atoms with Gasteiger partial charge in [0, 0.05) is 6.04 Å². The van der Waals surface area contributed by atoms with Crippen LogP contribution in [0.1, 0.15) is 32.1 Å². The third-order valence-corrected chi connectivity index (χ3v) is 3.14. The molecule has 10 heavy (non-hydrogen) atoms. The highest BCUT2D eigenvalue weighted by atomic mass is 35.5. The highest BCUT2D eigenvalue weighted by Gasteiger charge is 2.36. The third-order valence-electron chi connectivity index (χ3n) is 3.14. The lowest BCUT2D eigenvalue weighted by Gasteiger charge is -2.11. The average Bonchev–Trinajstić information content (AvgIpc) is 2.35. The number of rotatable bonds is 0. The number of fused-ring (bicyclic) bond motifs is 1. The maximum atomic E-state index is 5.92. The summed E-state index contributed by atoms with van der Waals surface area (Å²) in [6.45, 7) is 0. The molecule has 0 unspecified atom stereocenters. The van der Waals surface area contributed by atoms with Crippen LogP contribution in [0.4, 0.5) is 0 Å². The van der Waals surface area contributed by atoms with Crippen molar-refractivity contribution in [2.75, 3.05) is 0 Å². The van der Waals surface area contributed by atoms with E-state index in [4.69, 9.17) is 5.73 Å². The second-order valence-corrected chi connectivity index (χ2v) is 3.60. The Bertz CT molecular complexity index is 116. The van der Waals surface area contributed by atoms with Crippen LogP contribution in [-0.2, 0) is 0 Å². The molecular formula is C8H16ClN. The highest BCUT2D eigenvalue weighted by molar-refractivity contribution is 5.85. The molecule has 0 saturated heterocycles. The molecule has 2 aliphatic carbocycles. The predicted molar refractivity (Wildman–Crippen MR) is 45.3 cm³/mol. The lowest BCUT2D eigenvalue weighted by Crippen LogP contribution is -2.24. The van der Waals surface area contributed by atoms with Crippen molar-refractivity contribution in [3.8, 4) is 0 Å². The van der Waals surface area contributed by atoms with E-state index in [2.05, 4.69) is 0 Å². The molecule has 0 spiro atoms. The van der Waals surface area contributed by atoms with Crippen LogP contribution in [0, 0.1) is 11.8 Å². The van der Waals surface area contributed by atoms with Gasteiger partial charge in [-0.1, -0.05) is 12.8 Å². The first kappa shape index (κ1) is 8.35. The fourth-order valence-electron chi connectivity index (χ4n) is 2.61. The summed E-state index contributed by atoms with van der Waals surface area (Å²) in [5.41, 5.74) is 5.92. The van der Waals surface area contributed by atoms with Crippen LogP contribution in [0.2, 0.25) is 0 Å². The van der Waals surface area contributed by atoms with E-state index in [-0.39, 0.29) is 12.4 Å². The third kappa shape index (κ3) is 1.17. The largest absolute Gasteiger partial charge is 0.327 e. The van der Waals surface area contributed by atoms with Crippen molar-refractivity contribution in [2.24, 2.45) is 17.6 Å². The fraction of sp³-hybridized carbons (Fsp3) is 1.00. The van der Waals surface area contributed by atoms with Crippen molar-refractivity contribution in [3.63, 3.8) is 0 Å². The summed E-state index contributed by atoms with van der Waals surface area (Å²) in [6, 6.07) is 0.567. The Morgan fingerprint density at radius 1 is 1.00 bits per heavy atom. The molecule has 2 heteroatoms. The van der Waals surface area contributed by atoms with E-state index >= 15 is 0 Å². The van der Waals surface area contributed by atoms with Crippen molar-refractivity contribution in [3.05, 3.63) is 0 Å². The molecule has 0 amide bonds. The molecule has 3 atom stereocenters. The Morgan fingerprint density at radius 3 is 2.50 bits per heavy atom. The summed E-state index contributed by atoms with van der Waals surface area (Å²) in [5.74, 6) is 1.95. The van der Waals surface area contributed by atoms with Crippen LogP contribution in [0.5, 0.6) is 0 Å². The molecule has 2 saturated carbocycles. The molecule has 1 nitrogen and oxygen atoms in total. The second-order valence-electron chi connectivity index (χ2n) is 3.60. The van der Waals surface area contributed by atoms with Gasteiger partial charge in [0.05, 0.1) is 0 Å². The highest BCUT2D eigenvalue weighted by Crippen LogP contribution is 2.42. The molecule has 0 aliphatic heterocycles. The molecule has 0 radical (unpaired) electrons. The van der Waals surface area contributed by atoms with Gasteiger partial charge in [0.2, 0.25) is 0 Å². The van der Waals surface area contributed by atoms with E-state index in [0.717, 1.165) is 11.8 Å². The zero-order chi connectivity index (χ0) is 6.27. The fourth-order valence-corrected chi connectivity index (χ4v) is 2.61. The molecular weight excluding hydrogens is 146 g/mol. The van der Waals surface area contributed by atoms with Gasteiger partial charge in [0.25, 0.3) is 0 Å². The molecule has 2 fully saturated rings. The molecule has 0 bridgehead atoms. The van der Waals surface area contributed by atoms with E-state index in [0.29, 0.717) is 6.04 Å². The maximum Gasteiger partial charge on any atom is 0.00699 e. The monoisotopic (exact) mass is 161 g/mol. The Morgan fingerprint density at radius 2 is 1.80 bits per heavy atom. The van der Waals surface area contributed by atoms with Crippen LogP contribution in [-0.4, -0.2) is 6.04 Å². The molecule has 2 aliphatic rings. The smallest absolute Gasteiger partial charge is 0.00699 e. The van der Waals surface area contributed by atoms with Crippen molar-refractivity contribution in [2.45, 2.75) is 38.1 Å².